The number of nitrogens with zero attached hydrogens (tertiary/aromatic N) is 1. The normalized spacial score (nSPS) is 24.7. The number of benzene rings is 1. The second kappa shape index (κ2) is 8.00. The molecule has 1 aromatic carbocycles. The molecule has 2 atom stereocenters. The number of hydrogen-bond donors (Lipinski definition) is 1. The Morgan fingerprint density at radius 2 is 2.22 bits per heavy atom. The summed E-state index contributed by atoms with van der Waals surface area (Å²) in [7, 11) is 1.55. The molecule has 1 N–H and O–H groups in total. The fourth-order valence-corrected chi connectivity index (χ4v) is 3.82. The number of likely N-dealkylation sites (tertiary alicyclic amines) is 1. The molecule has 0 aliphatic carbocycles. The zero-order chi connectivity index (χ0) is 19.4. The van der Waals surface area contributed by atoms with E-state index in [9.17, 15) is 14.7 Å². The van der Waals surface area contributed by atoms with Crippen molar-refractivity contribution in [2.24, 2.45) is 11.3 Å². The Morgan fingerprint density at radius 3 is 2.89 bits per heavy atom. The Bertz CT molecular complexity index is 746. The van der Waals surface area contributed by atoms with Gasteiger partial charge >= 0.3 is 5.97 Å². The Balaban J connectivity index is 1.66. The first-order chi connectivity index (χ1) is 13.0. The Hall–Kier alpha value is -2.54. The summed E-state index contributed by atoms with van der Waals surface area (Å²) in [5.74, 6) is -0.240. The van der Waals surface area contributed by atoms with Gasteiger partial charge in [-0.25, -0.2) is 0 Å². The van der Waals surface area contributed by atoms with Gasteiger partial charge in [-0.05, 0) is 31.0 Å². The van der Waals surface area contributed by atoms with Crippen LogP contribution in [0.2, 0.25) is 0 Å². The number of amides is 1. The molecule has 146 valence electrons. The molecule has 27 heavy (non-hydrogen) atoms. The van der Waals surface area contributed by atoms with Crippen LogP contribution in [0.15, 0.2) is 24.3 Å². The lowest BCUT2D eigenvalue weighted by Crippen LogP contribution is -2.45. The molecule has 2 heterocycles. The van der Waals surface area contributed by atoms with E-state index in [1.807, 2.05) is 31.2 Å². The molecule has 0 spiro atoms. The largest absolute Gasteiger partial charge is 0.493 e. The van der Waals surface area contributed by atoms with Crippen LogP contribution in [0.1, 0.15) is 18.9 Å². The van der Waals surface area contributed by atoms with Gasteiger partial charge in [-0.1, -0.05) is 18.2 Å². The van der Waals surface area contributed by atoms with Crippen LogP contribution in [0.25, 0.3) is 6.08 Å². The molecule has 1 amide bonds. The maximum absolute atomic E-state index is 12.6. The van der Waals surface area contributed by atoms with Gasteiger partial charge in [-0.2, -0.15) is 0 Å². The van der Waals surface area contributed by atoms with Crippen molar-refractivity contribution >= 4 is 18.0 Å². The number of carboxylic acid groups (broad SMARTS) is 1. The first kappa shape index (κ1) is 19.2. The molecule has 0 aromatic heterocycles. The predicted octanol–water partition coefficient (Wildman–Crippen LogP) is 2.06. The van der Waals surface area contributed by atoms with Gasteiger partial charge in [0.1, 0.15) is 0 Å². The summed E-state index contributed by atoms with van der Waals surface area (Å²) in [4.78, 5) is 26.0. The number of methoxy groups -OCH3 is 1. The number of carbonyl (C=O) groups excluding carboxylic acids is 1. The van der Waals surface area contributed by atoms with Crippen molar-refractivity contribution < 1.29 is 28.9 Å². The van der Waals surface area contributed by atoms with E-state index >= 15 is 0 Å². The minimum absolute atomic E-state index is 0.164. The molecule has 7 heteroatoms. The van der Waals surface area contributed by atoms with Crippen molar-refractivity contribution in [3.8, 4) is 11.5 Å². The lowest BCUT2D eigenvalue weighted by Gasteiger charge is -2.33. The monoisotopic (exact) mass is 375 g/mol. The average Bonchev–Trinajstić information content (AvgIpc) is 3.08. The number of aliphatic carboxylic acids is 1. The number of allylic oxidation sites excluding steroid dienone is 1. The first-order valence-electron chi connectivity index (χ1n) is 9.02. The molecule has 2 saturated heterocycles. The Kier molecular flexibility index (Phi) is 5.70. The van der Waals surface area contributed by atoms with Crippen molar-refractivity contribution in [1.29, 1.82) is 0 Å². The van der Waals surface area contributed by atoms with Gasteiger partial charge in [0.2, 0.25) is 0 Å². The van der Waals surface area contributed by atoms with Gasteiger partial charge in [-0.3, -0.25) is 9.59 Å². The smallest absolute Gasteiger partial charge is 0.311 e. The zero-order valence-corrected chi connectivity index (χ0v) is 15.6. The summed E-state index contributed by atoms with van der Waals surface area (Å²) in [5, 5.41) is 9.70. The highest BCUT2D eigenvalue weighted by molar-refractivity contribution is 5.82. The van der Waals surface area contributed by atoms with Crippen LogP contribution in [0, 0.1) is 11.3 Å². The van der Waals surface area contributed by atoms with E-state index in [1.165, 1.54) is 0 Å². The standard InChI is InChI=1S/C20H25NO6/c1-3-4-14-5-6-16(17(9-14)25-2)27-12-18(22)21-10-15-11-26-8-7-20(15,13-21)19(23)24/h3-6,9,15H,7-8,10-13H2,1-2H3,(H,23,24)/b4-3+/t15-,20+/m0/s1. The van der Waals surface area contributed by atoms with E-state index in [2.05, 4.69) is 0 Å². The molecule has 1 aromatic rings. The number of rotatable bonds is 6. The van der Waals surface area contributed by atoms with Crippen LogP contribution in [0.3, 0.4) is 0 Å². The van der Waals surface area contributed by atoms with E-state index in [-0.39, 0.29) is 25.0 Å². The van der Waals surface area contributed by atoms with Gasteiger partial charge in [-0.15, -0.1) is 0 Å². The van der Waals surface area contributed by atoms with Crippen molar-refractivity contribution in [3.05, 3.63) is 29.8 Å². The maximum atomic E-state index is 12.6. The molecule has 2 aliphatic rings. The number of ether oxygens (including phenoxy) is 3. The minimum Gasteiger partial charge on any atom is -0.493 e. The highest BCUT2D eigenvalue weighted by atomic mass is 16.5. The average molecular weight is 375 g/mol. The lowest BCUT2D eigenvalue weighted by molar-refractivity contribution is -0.157. The summed E-state index contributed by atoms with van der Waals surface area (Å²) >= 11 is 0. The van der Waals surface area contributed by atoms with Crippen LogP contribution in [0.4, 0.5) is 0 Å². The number of fused-ring (bicyclic) bond motifs is 1. The molecule has 0 bridgehead atoms. The second-order valence-corrected chi connectivity index (χ2v) is 6.96. The Labute approximate surface area is 158 Å². The fourth-order valence-electron chi connectivity index (χ4n) is 3.82. The van der Waals surface area contributed by atoms with E-state index < -0.39 is 11.4 Å². The highest BCUT2D eigenvalue weighted by Gasteiger charge is 2.54. The van der Waals surface area contributed by atoms with Crippen LogP contribution in [-0.4, -0.2) is 61.9 Å². The van der Waals surface area contributed by atoms with E-state index in [0.29, 0.717) is 37.7 Å². The molecule has 0 saturated carbocycles. The third-order valence-electron chi connectivity index (χ3n) is 5.38. The highest BCUT2D eigenvalue weighted by Crippen LogP contribution is 2.42. The summed E-state index contributed by atoms with van der Waals surface area (Å²) in [6, 6.07) is 5.47. The van der Waals surface area contributed by atoms with Gasteiger partial charge < -0.3 is 24.2 Å². The van der Waals surface area contributed by atoms with Crippen LogP contribution in [-0.2, 0) is 14.3 Å². The van der Waals surface area contributed by atoms with Gasteiger partial charge in [0, 0.05) is 25.6 Å². The molecule has 0 unspecified atom stereocenters. The molecular weight excluding hydrogens is 350 g/mol. The number of carboxylic acids is 1. The van der Waals surface area contributed by atoms with E-state index in [1.54, 1.807) is 18.1 Å². The van der Waals surface area contributed by atoms with Crippen LogP contribution < -0.4 is 9.47 Å². The summed E-state index contributed by atoms with van der Waals surface area (Å²) in [6.45, 7) is 3.14. The molecule has 2 fully saturated rings. The zero-order valence-electron chi connectivity index (χ0n) is 15.6. The van der Waals surface area contributed by atoms with Gasteiger partial charge in [0.05, 0.1) is 19.1 Å². The Morgan fingerprint density at radius 1 is 1.41 bits per heavy atom. The van der Waals surface area contributed by atoms with Crippen LogP contribution >= 0.6 is 0 Å². The minimum atomic E-state index is -0.903. The fraction of sp³-hybridized carbons (Fsp3) is 0.500. The topological polar surface area (TPSA) is 85.3 Å². The van der Waals surface area contributed by atoms with Crippen molar-refractivity contribution in [1.82, 2.24) is 4.90 Å². The SMILES string of the molecule is C/C=C/c1ccc(OCC(=O)N2C[C@H]3COCC[C@@]3(C(=O)O)C2)c(OC)c1. The molecule has 2 aliphatic heterocycles. The third-order valence-corrected chi connectivity index (χ3v) is 5.38. The van der Waals surface area contributed by atoms with Gasteiger partial charge in [0.25, 0.3) is 5.91 Å². The summed E-state index contributed by atoms with van der Waals surface area (Å²) < 4.78 is 16.4. The number of carbonyl (C=O) groups is 2. The predicted molar refractivity (Wildman–Crippen MR) is 98.8 cm³/mol. The quantitative estimate of drug-likeness (QED) is 0.819. The van der Waals surface area contributed by atoms with Crippen molar-refractivity contribution in [2.75, 3.05) is 40.0 Å². The van der Waals surface area contributed by atoms with E-state index in [0.717, 1.165) is 5.56 Å². The number of hydrogen-bond acceptors (Lipinski definition) is 5. The van der Waals surface area contributed by atoms with Gasteiger partial charge in [0.15, 0.2) is 18.1 Å². The maximum Gasteiger partial charge on any atom is 0.311 e. The van der Waals surface area contributed by atoms with Crippen molar-refractivity contribution in [2.45, 2.75) is 13.3 Å². The molecule has 0 radical (unpaired) electrons. The van der Waals surface area contributed by atoms with E-state index in [4.69, 9.17) is 14.2 Å². The molecule has 7 nitrogen and oxygen atoms in total. The summed E-state index contributed by atoms with van der Waals surface area (Å²) in [5.41, 5.74) is 0.0692. The first-order valence-corrected chi connectivity index (χ1v) is 9.02. The third kappa shape index (κ3) is 3.78. The van der Waals surface area contributed by atoms with Crippen LogP contribution in [0.5, 0.6) is 11.5 Å². The van der Waals surface area contributed by atoms with Crippen molar-refractivity contribution in [3.63, 3.8) is 0 Å². The molecule has 3 rings (SSSR count). The second-order valence-electron chi connectivity index (χ2n) is 6.96. The summed E-state index contributed by atoms with van der Waals surface area (Å²) in [6.07, 6.45) is 4.29. The molecular formula is C20H25NO6. The lowest BCUT2D eigenvalue weighted by atomic mass is 9.74.